The number of hydrogen-bond acceptors (Lipinski definition) is 7. The average molecular weight is 454 g/mol. The number of aromatic nitrogens is 1. The van der Waals surface area contributed by atoms with Gasteiger partial charge in [-0.1, -0.05) is 18.0 Å². The molecule has 1 saturated heterocycles. The summed E-state index contributed by atoms with van der Waals surface area (Å²) in [6.45, 7) is 2.73. The number of pyridine rings is 1. The van der Waals surface area contributed by atoms with Crippen LogP contribution in [0.3, 0.4) is 0 Å². The zero-order valence-electron chi connectivity index (χ0n) is 18.5. The van der Waals surface area contributed by atoms with Crippen LogP contribution in [-0.4, -0.2) is 53.5 Å². The largest absolute Gasteiger partial charge is 0.484 e. The van der Waals surface area contributed by atoms with Gasteiger partial charge >= 0.3 is 6.18 Å². The Morgan fingerprint density at radius 3 is 2.59 bits per heavy atom. The van der Waals surface area contributed by atoms with Gasteiger partial charge in [-0.25, -0.2) is 0 Å². The fraction of sp³-hybridized carbons (Fsp3) is 0.727. The molecule has 3 fully saturated rings. The molecule has 0 aromatic carbocycles. The first-order valence-corrected chi connectivity index (χ1v) is 11.2. The monoisotopic (exact) mass is 454 g/mol. The van der Waals surface area contributed by atoms with Gasteiger partial charge < -0.3 is 19.2 Å². The molecule has 4 aliphatic rings. The van der Waals surface area contributed by atoms with Crippen LogP contribution in [0.5, 0.6) is 5.75 Å². The first-order chi connectivity index (χ1) is 15.1. The molecule has 0 radical (unpaired) electrons. The highest BCUT2D eigenvalue weighted by Crippen LogP contribution is 2.47. The van der Waals surface area contributed by atoms with Gasteiger partial charge in [0.2, 0.25) is 0 Å². The molecule has 0 spiro atoms. The van der Waals surface area contributed by atoms with Gasteiger partial charge in [0.1, 0.15) is 18.1 Å². The number of alkyl halides is 3. The van der Waals surface area contributed by atoms with Crippen LogP contribution in [0.15, 0.2) is 17.4 Å². The Balaban J connectivity index is 1.30. The third-order valence-corrected chi connectivity index (χ3v) is 6.63. The van der Waals surface area contributed by atoms with Crippen LogP contribution in [0.2, 0.25) is 0 Å². The van der Waals surface area contributed by atoms with Gasteiger partial charge in [0.05, 0.1) is 11.2 Å². The Hall–Kier alpha value is -2.07. The van der Waals surface area contributed by atoms with Gasteiger partial charge in [0.25, 0.3) is 0 Å². The van der Waals surface area contributed by atoms with Crippen LogP contribution >= 0.6 is 0 Å². The van der Waals surface area contributed by atoms with E-state index in [-0.39, 0.29) is 30.2 Å². The Kier molecular flexibility index (Phi) is 5.28. The fourth-order valence-corrected chi connectivity index (χ4v) is 4.40. The van der Waals surface area contributed by atoms with E-state index in [0.29, 0.717) is 11.6 Å². The molecule has 7 nitrogen and oxygen atoms in total. The SMILES string of the molecule is CC1ON=C(C(C)(CC2CC2)NC2OC2c2cc(OCC(F)(F)F)c(C3CC3)cn2)N1C. The number of nitrogens with one attached hydrogen (secondary N) is 1. The van der Waals surface area contributed by atoms with E-state index in [9.17, 15) is 13.2 Å². The summed E-state index contributed by atoms with van der Waals surface area (Å²) >= 11 is 0. The Labute approximate surface area is 185 Å². The first-order valence-electron chi connectivity index (χ1n) is 11.2. The van der Waals surface area contributed by atoms with Crippen LogP contribution in [0.25, 0.3) is 0 Å². The van der Waals surface area contributed by atoms with Crippen molar-refractivity contribution in [3.05, 3.63) is 23.5 Å². The maximum Gasteiger partial charge on any atom is 0.422 e. The Morgan fingerprint density at radius 2 is 2.00 bits per heavy atom. The third-order valence-electron chi connectivity index (χ3n) is 6.63. The molecular formula is C22H29F3N4O3. The summed E-state index contributed by atoms with van der Waals surface area (Å²) in [4.78, 5) is 12.0. The second-order valence-electron chi connectivity index (χ2n) is 9.66. The highest BCUT2D eigenvalue weighted by molar-refractivity contribution is 5.91. The van der Waals surface area contributed by atoms with Crippen molar-refractivity contribution in [2.24, 2.45) is 11.1 Å². The highest BCUT2D eigenvalue weighted by Gasteiger charge is 2.51. The molecule has 32 heavy (non-hydrogen) atoms. The van der Waals surface area contributed by atoms with E-state index < -0.39 is 18.3 Å². The highest BCUT2D eigenvalue weighted by atomic mass is 19.4. The molecule has 4 unspecified atom stereocenters. The number of rotatable bonds is 9. The van der Waals surface area contributed by atoms with Crippen LogP contribution < -0.4 is 10.1 Å². The lowest BCUT2D eigenvalue weighted by molar-refractivity contribution is -0.153. The third kappa shape index (κ3) is 4.66. The number of likely N-dealkylation sites (N-methyl/N-ethyl adjacent to an activating group) is 1. The minimum absolute atomic E-state index is 0.133. The van der Waals surface area contributed by atoms with Gasteiger partial charge in [-0.2, -0.15) is 13.2 Å². The lowest BCUT2D eigenvalue weighted by Gasteiger charge is -2.33. The molecular weight excluding hydrogens is 425 g/mol. The number of hydrogen-bond donors (Lipinski definition) is 1. The van der Waals surface area contributed by atoms with E-state index in [2.05, 4.69) is 22.4 Å². The number of halogens is 3. The van der Waals surface area contributed by atoms with E-state index in [1.54, 1.807) is 12.3 Å². The van der Waals surface area contributed by atoms with E-state index in [1.807, 2.05) is 18.9 Å². The minimum Gasteiger partial charge on any atom is -0.484 e. The summed E-state index contributed by atoms with van der Waals surface area (Å²) in [6, 6.07) is 1.61. The second kappa shape index (κ2) is 7.76. The van der Waals surface area contributed by atoms with E-state index in [4.69, 9.17) is 14.3 Å². The fourth-order valence-electron chi connectivity index (χ4n) is 4.40. The predicted octanol–water partition coefficient (Wildman–Crippen LogP) is 4.07. The molecule has 1 aromatic rings. The molecule has 0 amide bonds. The molecule has 10 heteroatoms. The normalized spacial score (nSPS) is 29.4. The predicted molar refractivity (Wildman–Crippen MR) is 110 cm³/mol. The number of epoxide rings is 1. The Bertz CT molecular complexity index is 903. The smallest absolute Gasteiger partial charge is 0.422 e. The molecule has 2 saturated carbocycles. The topological polar surface area (TPSA) is 71.5 Å². The zero-order valence-corrected chi connectivity index (χ0v) is 18.5. The second-order valence-corrected chi connectivity index (χ2v) is 9.66. The average Bonchev–Trinajstić information content (AvgIpc) is 3.58. The molecule has 4 atom stereocenters. The molecule has 2 aliphatic carbocycles. The van der Waals surface area contributed by atoms with Crippen molar-refractivity contribution in [3.63, 3.8) is 0 Å². The van der Waals surface area contributed by atoms with Crippen molar-refractivity contribution < 1.29 is 27.5 Å². The summed E-state index contributed by atoms with van der Waals surface area (Å²) < 4.78 is 49.2. The quantitative estimate of drug-likeness (QED) is 0.568. The van der Waals surface area contributed by atoms with Crippen molar-refractivity contribution in [2.45, 2.75) is 82.1 Å². The number of nitrogens with zero attached hydrogens (tertiary/aromatic N) is 3. The number of amidine groups is 1. The zero-order chi connectivity index (χ0) is 22.7. The van der Waals surface area contributed by atoms with Gasteiger partial charge in [0.15, 0.2) is 18.7 Å². The van der Waals surface area contributed by atoms with Crippen LogP contribution in [0.1, 0.15) is 69.2 Å². The summed E-state index contributed by atoms with van der Waals surface area (Å²) in [5, 5.41) is 7.88. The summed E-state index contributed by atoms with van der Waals surface area (Å²) in [5.74, 6) is 1.95. The lowest BCUT2D eigenvalue weighted by atomic mass is 9.92. The minimum atomic E-state index is -4.39. The van der Waals surface area contributed by atoms with Crippen molar-refractivity contribution in [1.29, 1.82) is 0 Å². The van der Waals surface area contributed by atoms with E-state index in [1.165, 1.54) is 12.8 Å². The Morgan fingerprint density at radius 1 is 1.25 bits per heavy atom. The van der Waals surface area contributed by atoms with Crippen LogP contribution in [-0.2, 0) is 9.57 Å². The van der Waals surface area contributed by atoms with Gasteiger partial charge in [-0.05, 0) is 44.9 Å². The van der Waals surface area contributed by atoms with Crippen LogP contribution in [0, 0.1) is 5.92 Å². The van der Waals surface area contributed by atoms with E-state index >= 15 is 0 Å². The van der Waals surface area contributed by atoms with Crippen molar-refractivity contribution in [2.75, 3.05) is 13.7 Å². The molecule has 1 aromatic heterocycles. The maximum atomic E-state index is 12.7. The van der Waals surface area contributed by atoms with Crippen molar-refractivity contribution >= 4 is 5.84 Å². The molecule has 176 valence electrons. The molecule has 0 bridgehead atoms. The first kappa shape index (κ1) is 21.8. The van der Waals surface area contributed by atoms with E-state index in [0.717, 1.165) is 30.7 Å². The lowest BCUT2D eigenvalue weighted by Crippen LogP contribution is -2.56. The summed E-state index contributed by atoms with van der Waals surface area (Å²) in [6.07, 6.45) is 1.67. The molecule has 2 aliphatic heterocycles. The number of ether oxygens (including phenoxy) is 2. The van der Waals surface area contributed by atoms with Crippen molar-refractivity contribution in [1.82, 2.24) is 15.2 Å². The molecule has 5 rings (SSSR count). The maximum absolute atomic E-state index is 12.7. The van der Waals surface area contributed by atoms with Crippen LogP contribution in [0.4, 0.5) is 13.2 Å². The number of oxime groups is 1. The van der Waals surface area contributed by atoms with Gasteiger partial charge in [-0.15, -0.1) is 0 Å². The standard InChI is InChI=1S/C22H29F3N4O3/c1-12-29(3)20(28-32-12)21(2,9-13-4-5-13)27-19-18(31-19)16-8-17(30-11-22(23,24)25)15(10-26-16)14-6-7-14/h8,10,12-14,18-19,27H,4-7,9,11H2,1-3H3. The molecule has 1 N–H and O–H groups in total. The van der Waals surface area contributed by atoms with Gasteiger partial charge in [-0.3, -0.25) is 10.3 Å². The summed E-state index contributed by atoms with van der Waals surface area (Å²) in [7, 11) is 1.96. The molecule has 3 heterocycles. The summed E-state index contributed by atoms with van der Waals surface area (Å²) in [5.41, 5.74) is 0.878. The van der Waals surface area contributed by atoms with Crippen molar-refractivity contribution in [3.8, 4) is 5.75 Å². The van der Waals surface area contributed by atoms with Gasteiger partial charge in [0, 0.05) is 24.9 Å².